The average Bonchev–Trinajstić information content (AvgIpc) is 2.37. The Morgan fingerprint density at radius 3 is 2.56 bits per heavy atom. The average molecular weight is 254 g/mol. The van der Waals surface area contributed by atoms with Crippen molar-refractivity contribution in [2.45, 2.75) is 6.42 Å². The van der Waals surface area contributed by atoms with Gasteiger partial charge in [-0.15, -0.1) is 0 Å². The Morgan fingerprint density at radius 2 is 1.94 bits per heavy atom. The van der Waals surface area contributed by atoms with Gasteiger partial charge in [-0.05, 0) is 24.3 Å². The molecule has 18 heavy (non-hydrogen) atoms. The Morgan fingerprint density at radius 1 is 1.28 bits per heavy atom. The van der Waals surface area contributed by atoms with Crippen LogP contribution in [0.5, 0.6) is 0 Å². The molecular weight excluding hydrogens is 239 g/mol. The molecule has 0 aliphatic heterocycles. The molecule has 1 rings (SSSR count). The van der Waals surface area contributed by atoms with Gasteiger partial charge in [-0.2, -0.15) is 0 Å². The third kappa shape index (κ3) is 5.40. The lowest BCUT2D eigenvalue weighted by Crippen LogP contribution is -2.29. The molecule has 0 saturated carbocycles. The van der Waals surface area contributed by atoms with Crippen LogP contribution in [0, 0.1) is 5.82 Å². The second-order valence-corrected chi connectivity index (χ2v) is 3.56. The Kier molecular flexibility index (Phi) is 5.79. The maximum absolute atomic E-state index is 12.6. The van der Waals surface area contributed by atoms with Gasteiger partial charge in [0.2, 0.25) is 5.91 Å². The number of anilines is 1. The molecule has 0 radical (unpaired) electrons. The summed E-state index contributed by atoms with van der Waals surface area (Å²) in [4.78, 5) is 22.2. The number of halogens is 1. The number of benzene rings is 1. The highest BCUT2D eigenvalue weighted by molar-refractivity contribution is 5.92. The zero-order valence-corrected chi connectivity index (χ0v) is 10.0. The molecule has 0 bridgehead atoms. The van der Waals surface area contributed by atoms with Crippen LogP contribution in [0.2, 0.25) is 0 Å². The van der Waals surface area contributed by atoms with E-state index in [1.807, 2.05) is 0 Å². The molecule has 1 aromatic carbocycles. The van der Waals surface area contributed by atoms with Gasteiger partial charge in [0, 0.05) is 12.2 Å². The van der Waals surface area contributed by atoms with Crippen molar-refractivity contribution in [2.75, 3.05) is 25.5 Å². The molecule has 0 atom stereocenters. The smallest absolute Gasteiger partial charge is 0.306 e. The minimum Gasteiger partial charge on any atom is -0.469 e. The second kappa shape index (κ2) is 7.39. The Bertz CT molecular complexity index is 406. The highest BCUT2D eigenvalue weighted by atomic mass is 19.1. The quantitative estimate of drug-likeness (QED) is 0.585. The van der Waals surface area contributed by atoms with Crippen LogP contribution in [0.1, 0.15) is 6.42 Å². The number of nitrogens with one attached hydrogen (secondary N) is 2. The fourth-order valence-electron chi connectivity index (χ4n) is 1.23. The van der Waals surface area contributed by atoms with Crippen molar-refractivity contribution in [3.05, 3.63) is 30.1 Å². The fourth-order valence-corrected chi connectivity index (χ4v) is 1.23. The number of carbonyl (C=O) groups excluding carboxylic acids is 2. The third-order valence-electron chi connectivity index (χ3n) is 2.15. The van der Waals surface area contributed by atoms with Crippen LogP contribution in [0.4, 0.5) is 10.1 Å². The molecule has 5 nitrogen and oxygen atoms in total. The molecule has 0 aliphatic rings. The summed E-state index contributed by atoms with van der Waals surface area (Å²) < 4.78 is 17.1. The molecule has 6 heteroatoms. The minimum atomic E-state index is -0.357. The second-order valence-electron chi connectivity index (χ2n) is 3.56. The first kappa shape index (κ1) is 14.1. The van der Waals surface area contributed by atoms with Crippen molar-refractivity contribution in [3.63, 3.8) is 0 Å². The van der Waals surface area contributed by atoms with Crippen molar-refractivity contribution in [3.8, 4) is 0 Å². The predicted octanol–water partition coefficient (Wildman–Crippen LogP) is 0.917. The maximum Gasteiger partial charge on any atom is 0.306 e. The van der Waals surface area contributed by atoms with Crippen LogP contribution >= 0.6 is 0 Å². The molecule has 1 aromatic rings. The van der Waals surface area contributed by atoms with Crippen molar-refractivity contribution in [1.29, 1.82) is 0 Å². The van der Waals surface area contributed by atoms with E-state index < -0.39 is 0 Å². The van der Waals surface area contributed by atoms with Gasteiger partial charge >= 0.3 is 5.97 Å². The van der Waals surface area contributed by atoms with Gasteiger partial charge in [-0.1, -0.05) is 0 Å². The summed E-state index contributed by atoms with van der Waals surface area (Å²) in [5, 5.41) is 5.38. The lowest BCUT2D eigenvalue weighted by atomic mass is 10.3. The molecular formula is C12H15FN2O3. The zero-order chi connectivity index (χ0) is 13.4. The van der Waals surface area contributed by atoms with Crippen LogP contribution < -0.4 is 10.6 Å². The van der Waals surface area contributed by atoms with Gasteiger partial charge in [-0.3, -0.25) is 9.59 Å². The third-order valence-corrected chi connectivity index (χ3v) is 2.15. The monoisotopic (exact) mass is 254 g/mol. The molecule has 0 saturated heterocycles. The molecule has 0 aromatic heterocycles. The summed E-state index contributed by atoms with van der Waals surface area (Å²) in [6, 6.07) is 5.48. The number of hydrogen-bond acceptors (Lipinski definition) is 4. The first-order valence-corrected chi connectivity index (χ1v) is 5.45. The largest absolute Gasteiger partial charge is 0.469 e. The van der Waals surface area contributed by atoms with E-state index in [1.54, 1.807) is 0 Å². The minimum absolute atomic E-state index is 0.0777. The van der Waals surface area contributed by atoms with Gasteiger partial charge in [-0.25, -0.2) is 4.39 Å². The Hall–Kier alpha value is -1.95. The van der Waals surface area contributed by atoms with E-state index in [9.17, 15) is 14.0 Å². The standard InChI is InChI=1S/C12H15FN2O3/c1-18-12(17)6-7-14-8-11(16)15-10-4-2-9(13)3-5-10/h2-5,14H,6-8H2,1H3,(H,15,16). The number of rotatable bonds is 6. The Labute approximate surface area is 104 Å². The summed E-state index contributed by atoms with van der Waals surface area (Å²) in [7, 11) is 1.31. The lowest BCUT2D eigenvalue weighted by molar-refractivity contribution is -0.140. The molecule has 2 N–H and O–H groups in total. The van der Waals surface area contributed by atoms with Crippen LogP contribution in [0.15, 0.2) is 24.3 Å². The molecule has 1 amide bonds. The summed E-state index contributed by atoms with van der Waals surface area (Å²) >= 11 is 0. The van der Waals surface area contributed by atoms with E-state index in [0.717, 1.165) is 0 Å². The van der Waals surface area contributed by atoms with Gasteiger partial charge in [0.25, 0.3) is 0 Å². The number of methoxy groups -OCH3 is 1. The number of carbonyl (C=O) groups is 2. The highest BCUT2D eigenvalue weighted by Gasteiger charge is 2.03. The summed E-state index contributed by atoms with van der Waals surface area (Å²) in [5.41, 5.74) is 0.524. The van der Waals surface area contributed by atoms with Gasteiger partial charge < -0.3 is 15.4 Å². The topological polar surface area (TPSA) is 67.4 Å². The van der Waals surface area contributed by atoms with Crippen LogP contribution in [-0.4, -0.2) is 32.1 Å². The predicted molar refractivity (Wildman–Crippen MR) is 64.5 cm³/mol. The van der Waals surface area contributed by atoms with E-state index in [0.29, 0.717) is 12.2 Å². The number of ether oxygens (including phenoxy) is 1. The summed E-state index contributed by atoms with van der Waals surface area (Å²) in [6.07, 6.45) is 0.209. The highest BCUT2D eigenvalue weighted by Crippen LogP contribution is 2.07. The van der Waals surface area contributed by atoms with E-state index in [-0.39, 0.29) is 30.7 Å². The lowest BCUT2D eigenvalue weighted by Gasteiger charge is -2.06. The maximum atomic E-state index is 12.6. The van der Waals surface area contributed by atoms with E-state index >= 15 is 0 Å². The van der Waals surface area contributed by atoms with Crippen molar-refractivity contribution >= 4 is 17.6 Å². The first-order chi connectivity index (χ1) is 8.61. The van der Waals surface area contributed by atoms with Crippen molar-refractivity contribution < 1.29 is 18.7 Å². The summed E-state index contributed by atoms with van der Waals surface area (Å²) in [5.74, 6) is -0.947. The van der Waals surface area contributed by atoms with E-state index in [1.165, 1.54) is 31.4 Å². The molecule has 0 aliphatic carbocycles. The Balaban J connectivity index is 2.21. The normalized spacial score (nSPS) is 9.89. The van der Waals surface area contributed by atoms with Gasteiger partial charge in [0.05, 0.1) is 20.1 Å². The fraction of sp³-hybridized carbons (Fsp3) is 0.333. The van der Waals surface area contributed by atoms with Crippen LogP contribution in [-0.2, 0) is 14.3 Å². The van der Waals surface area contributed by atoms with Gasteiger partial charge in [0.15, 0.2) is 0 Å². The van der Waals surface area contributed by atoms with Crippen LogP contribution in [0.3, 0.4) is 0 Å². The molecule has 0 fully saturated rings. The van der Waals surface area contributed by atoms with Crippen molar-refractivity contribution in [1.82, 2.24) is 5.32 Å². The van der Waals surface area contributed by atoms with E-state index in [2.05, 4.69) is 15.4 Å². The zero-order valence-electron chi connectivity index (χ0n) is 10.0. The van der Waals surface area contributed by atoms with E-state index in [4.69, 9.17) is 0 Å². The molecule has 0 heterocycles. The van der Waals surface area contributed by atoms with Crippen molar-refractivity contribution in [2.24, 2.45) is 0 Å². The summed E-state index contributed by atoms with van der Waals surface area (Å²) in [6.45, 7) is 0.442. The molecule has 0 spiro atoms. The number of hydrogen-bond donors (Lipinski definition) is 2. The number of amides is 1. The first-order valence-electron chi connectivity index (χ1n) is 5.45. The van der Waals surface area contributed by atoms with Gasteiger partial charge in [0.1, 0.15) is 5.82 Å². The number of esters is 1. The molecule has 0 unspecified atom stereocenters. The van der Waals surface area contributed by atoms with Crippen LogP contribution in [0.25, 0.3) is 0 Å². The SMILES string of the molecule is COC(=O)CCNCC(=O)Nc1ccc(F)cc1. The molecule has 98 valence electrons.